The van der Waals surface area contributed by atoms with Gasteiger partial charge in [-0.1, -0.05) is 5.16 Å². The maximum atomic E-state index is 8.66. The summed E-state index contributed by atoms with van der Waals surface area (Å²) >= 11 is 0. The van der Waals surface area contributed by atoms with Crippen molar-refractivity contribution in [3.8, 4) is 5.75 Å². The van der Waals surface area contributed by atoms with Crippen LogP contribution in [0, 0.1) is 0 Å². The van der Waals surface area contributed by atoms with Gasteiger partial charge in [0.1, 0.15) is 5.75 Å². The van der Waals surface area contributed by atoms with Crippen molar-refractivity contribution in [1.29, 1.82) is 0 Å². The zero-order valence-electron chi connectivity index (χ0n) is 8.97. The number of nitrogens with two attached hydrogens (primary N) is 1. The maximum Gasteiger partial charge on any atom is 0.173 e. The van der Waals surface area contributed by atoms with Crippen molar-refractivity contribution in [2.45, 2.75) is 31.8 Å². The molecule has 5 nitrogen and oxygen atoms in total. The molecule has 1 aromatic heterocycles. The molecule has 1 heterocycles. The molecule has 1 aliphatic rings. The highest BCUT2D eigenvalue weighted by Gasteiger charge is 2.18. The second-order valence-corrected chi connectivity index (χ2v) is 3.88. The first-order valence-electron chi connectivity index (χ1n) is 5.40. The van der Waals surface area contributed by atoms with Crippen molar-refractivity contribution >= 4 is 5.84 Å². The first kappa shape index (κ1) is 10.7. The summed E-state index contributed by atoms with van der Waals surface area (Å²) in [5, 5.41) is 11.6. The smallest absolute Gasteiger partial charge is 0.173 e. The van der Waals surface area contributed by atoms with E-state index in [1.807, 2.05) is 0 Å². The minimum absolute atomic E-state index is 0.0513. The van der Waals surface area contributed by atoms with E-state index in [0.717, 1.165) is 12.8 Å². The van der Waals surface area contributed by atoms with Crippen LogP contribution in [-0.4, -0.2) is 22.1 Å². The largest absolute Gasteiger partial charge is 0.488 e. The maximum absolute atomic E-state index is 8.66. The fourth-order valence-electron chi connectivity index (χ4n) is 1.93. The molecule has 0 unspecified atom stereocenters. The summed E-state index contributed by atoms with van der Waals surface area (Å²) in [7, 11) is 0. The third kappa shape index (κ3) is 2.24. The summed E-state index contributed by atoms with van der Waals surface area (Å²) in [4.78, 5) is 3.99. The van der Waals surface area contributed by atoms with E-state index in [1.165, 1.54) is 12.8 Å². The van der Waals surface area contributed by atoms with E-state index < -0.39 is 0 Å². The molecule has 0 bridgehead atoms. The molecule has 2 rings (SSSR count). The van der Waals surface area contributed by atoms with Gasteiger partial charge in [0.15, 0.2) is 5.84 Å². The Hall–Kier alpha value is -1.78. The molecule has 1 aliphatic carbocycles. The quantitative estimate of drug-likeness (QED) is 0.351. The van der Waals surface area contributed by atoms with E-state index in [-0.39, 0.29) is 11.9 Å². The SMILES string of the molecule is N/C(=N/O)c1ccncc1OC1CCCC1. The Morgan fingerprint density at radius 3 is 2.94 bits per heavy atom. The molecule has 0 aromatic carbocycles. The van der Waals surface area contributed by atoms with Crippen LogP contribution in [0.2, 0.25) is 0 Å². The number of hydrogen-bond donors (Lipinski definition) is 2. The second kappa shape index (κ2) is 4.83. The second-order valence-electron chi connectivity index (χ2n) is 3.88. The van der Waals surface area contributed by atoms with Crippen molar-refractivity contribution in [3.63, 3.8) is 0 Å². The lowest BCUT2D eigenvalue weighted by atomic mass is 10.2. The molecular formula is C11H15N3O2. The average Bonchev–Trinajstić information content (AvgIpc) is 2.82. The predicted molar refractivity (Wildman–Crippen MR) is 59.6 cm³/mol. The average molecular weight is 221 g/mol. The summed E-state index contributed by atoms with van der Waals surface area (Å²) in [5.41, 5.74) is 6.15. The van der Waals surface area contributed by atoms with Crippen LogP contribution in [0.5, 0.6) is 5.75 Å². The molecule has 16 heavy (non-hydrogen) atoms. The van der Waals surface area contributed by atoms with E-state index in [2.05, 4.69) is 10.1 Å². The van der Waals surface area contributed by atoms with Crippen LogP contribution >= 0.6 is 0 Å². The van der Waals surface area contributed by atoms with E-state index >= 15 is 0 Å². The van der Waals surface area contributed by atoms with Gasteiger partial charge in [-0.15, -0.1) is 0 Å². The minimum Gasteiger partial charge on any atom is -0.488 e. The number of amidine groups is 1. The Kier molecular flexibility index (Phi) is 3.24. The van der Waals surface area contributed by atoms with Crippen molar-refractivity contribution in [3.05, 3.63) is 24.0 Å². The number of rotatable bonds is 3. The lowest BCUT2D eigenvalue weighted by Crippen LogP contribution is -2.18. The van der Waals surface area contributed by atoms with Gasteiger partial charge in [-0.2, -0.15) is 0 Å². The van der Waals surface area contributed by atoms with Crippen molar-refractivity contribution < 1.29 is 9.94 Å². The summed E-state index contributed by atoms with van der Waals surface area (Å²) < 4.78 is 5.79. The van der Waals surface area contributed by atoms with Gasteiger partial charge in [0.25, 0.3) is 0 Å². The lowest BCUT2D eigenvalue weighted by molar-refractivity contribution is 0.208. The monoisotopic (exact) mass is 221 g/mol. The Morgan fingerprint density at radius 2 is 2.25 bits per heavy atom. The third-order valence-corrected chi connectivity index (χ3v) is 2.76. The predicted octanol–water partition coefficient (Wildman–Crippen LogP) is 1.50. The van der Waals surface area contributed by atoms with Gasteiger partial charge in [0.05, 0.1) is 17.9 Å². The summed E-state index contributed by atoms with van der Waals surface area (Å²) in [6, 6.07) is 1.68. The third-order valence-electron chi connectivity index (χ3n) is 2.76. The minimum atomic E-state index is 0.0513. The number of pyridine rings is 1. The molecular weight excluding hydrogens is 206 g/mol. The summed E-state index contributed by atoms with van der Waals surface area (Å²) in [6.07, 6.45) is 7.94. The van der Waals surface area contributed by atoms with Crippen LogP contribution in [0.4, 0.5) is 0 Å². The molecule has 0 amide bonds. The number of hydrogen-bond acceptors (Lipinski definition) is 4. The normalized spacial score (nSPS) is 17.6. The molecule has 86 valence electrons. The lowest BCUT2D eigenvalue weighted by Gasteiger charge is -2.15. The topological polar surface area (TPSA) is 80.7 Å². The Bertz CT molecular complexity index is 387. The van der Waals surface area contributed by atoms with Crippen molar-refractivity contribution in [1.82, 2.24) is 4.98 Å². The van der Waals surface area contributed by atoms with Crippen LogP contribution in [0.3, 0.4) is 0 Å². The first-order chi connectivity index (χ1) is 7.81. The van der Waals surface area contributed by atoms with E-state index in [1.54, 1.807) is 18.5 Å². The molecule has 1 fully saturated rings. The Balaban J connectivity index is 2.19. The highest BCUT2D eigenvalue weighted by atomic mass is 16.5. The van der Waals surface area contributed by atoms with Crippen molar-refractivity contribution in [2.24, 2.45) is 10.9 Å². The van der Waals surface area contributed by atoms with Gasteiger partial charge < -0.3 is 15.7 Å². The first-order valence-corrected chi connectivity index (χ1v) is 5.40. The fraction of sp³-hybridized carbons (Fsp3) is 0.455. The fourth-order valence-corrected chi connectivity index (χ4v) is 1.93. The van der Waals surface area contributed by atoms with Crippen LogP contribution in [0.1, 0.15) is 31.2 Å². The molecule has 0 radical (unpaired) electrons. The van der Waals surface area contributed by atoms with Gasteiger partial charge in [0.2, 0.25) is 0 Å². The number of nitrogens with zero attached hydrogens (tertiary/aromatic N) is 2. The highest BCUT2D eigenvalue weighted by molar-refractivity contribution is 5.99. The van der Waals surface area contributed by atoms with E-state index in [0.29, 0.717) is 11.3 Å². The van der Waals surface area contributed by atoms with Crippen LogP contribution in [0.15, 0.2) is 23.6 Å². The summed E-state index contributed by atoms with van der Waals surface area (Å²) in [5.74, 6) is 0.639. The highest BCUT2D eigenvalue weighted by Crippen LogP contribution is 2.25. The van der Waals surface area contributed by atoms with Gasteiger partial charge in [-0.05, 0) is 31.7 Å². The van der Waals surface area contributed by atoms with Crippen LogP contribution in [-0.2, 0) is 0 Å². The summed E-state index contributed by atoms with van der Waals surface area (Å²) in [6.45, 7) is 0. The van der Waals surface area contributed by atoms with Gasteiger partial charge >= 0.3 is 0 Å². The van der Waals surface area contributed by atoms with Gasteiger partial charge in [-0.25, -0.2) is 0 Å². The zero-order chi connectivity index (χ0) is 11.4. The molecule has 0 saturated heterocycles. The Labute approximate surface area is 93.9 Å². The van der Waals surface area contributed by atoms with Crippen LogP contribution in [0.25, 0.3) is 0 Å². The number of oxime groups is 1. The zero-order valence-corrected chi connectivity index (χ0v) is 8.97. The number of aromatic nitrogens is 1. The molecule has 0 aliphatic heterocycles. The molecule has 1 saturated carbocycles. The van der Waals surface area contributed by atoms with Crippen molar-refractivity contribution in [2.75, 3.05) is 0 Å². The van der Waals surface area contributed by atoms with Gasteiger partial charge in [0, 0.05) is 6.20 Å². The van der Waals surface area contributed by atoms with E-state index in [4.69, 9.17) is 15.7 Å². The molecule has 1 aromatic rings. The Morgan fingerprint density at radius 1 is 1.50 bits per heavy atom. The van der Waals surface area contributed by atoms with Crippen LogP contribution < -0.4 is 10.5 Å². The standard InChI is InChI=1S/C11H15N3O2/c12-11(14-15)9-5-6-13-7-10(9)16-8-3-1-2-4-8/h5-8,15H,1-4H2,(H2,12,14). The molecule has 0 atom stereocenters. The molecule has 3 N–H and O–H groups in total. The number of ether oxygens (including phenoxy) is 1. The molecule has 5 heteroatoms. The van der Waals surface area contributed by atoms with E-state index in [9.17, 15) is 0 Å². The molecule has 0 spiro atoms. The van der Waals surface area contributed by atoms with Gasteiger partial charge in [-0.3, -0.25) is 4.98 Å².